The molecule has 1 rings (SSSR count). The van der Waals surface area contributed by atoms with Crippen molar-refractivity contribution in [1.29, 1.82) is 0 Å². The van der Waals surface area contributed by atoms with Gasteiger partial charge >= 0.3 is 0 Å². The van der Waals surface area contributed by atoms with Gasteiger partial charge in [-0.05, 0) is 18.4 Å². The summed E-state index contributed by atoms with van der Waals surface area (Å²) in [6.07, 6.45) is 0.840. The van der Waals surface area contributed by atoms with Gasteiger partial charge in [0.05, 0.1) is 10.7 Å². The zero-order chi connectivity index (χ0) is 12.8. The summed E-state index contributed by atoms with van der Waals surface area (Å²) in [4.78, 5) is 10.3. The highest BCUT2D eigenvalue weighted by atomic mass is 32.2. The molecule has 94 valence electrons. The van der Waals surface area contributed by atoms with Crippen molar-refractivity contribution in [3.05, 3.63) is 39.4 Å². The van der Waals surface area contributed by atoms with Crippen LogP contribution < -0.4 is 0 Å². The number of aliphatic hydroxyl groups is 1. The molecule has 17 heavy (non-hydrogen) atoms. The first-order chi connectivity index (χ1) is 8.04. The Balaban J connectivity index is 3.03. The molecule has 0 aliphatic rings. The molecule has 0 aliphatic carbocycles. The SMILES string of the molecule is O=[N+]([O-])c1cc(C[SH](=O)=O)ccc1CCCO. The molecule has 0 saturated heterocycles. The molecule has 0 heterocycles. The van der Waals surface area contributed by atoms with Crippen molar-refractivity contribution < 1.29 is 18.4 Å². The number of hydrogen-bond donors (Lipinski definition) is 2. The smallest absolute Gasteiger partial charge is 0.272 e. The van der Waals surface area contributed by atoms with Crippen LogP contribution >= 0.6 is 0 Å². The van der Waals surface area contributed by atoms with Crippen LogP contribution in [0.15, 0.2) is 18.2 Å². The van der Waals surface area contributed by atoms with Crippen LogP contribution in [-0.2, 0) is 22.9 Å². The second kappa shape index (κ2) is 6.31. The van der Waals surface area contributed by atoms with Crippen molar-refractivity contribution in [3.8, 4) is 0 Å². The number of benzene rings is 1. The number of rotatable bonds is 6. The summed E-state index contributed by atoms with van der Waals surface area (Å²) >= 11 is 0. The zero-order valence-electron chi connectivity index (χ0n) is 9.04. The fraction of sp³-hybridized carbons (Fsp3) is 0.400. The molecule has 0 radical (unpaired) electrons. The molecule has 0 aromatic heterocycles. The van der Waals surface area contributed by atoms with Crippen molar-refractivity contribution in [2.24, 2.45) is 0 Å². The van der Waals surface area contributed by atoms with Gasteiger partial charge in [-0.25, -0.2) is 8.42 Å². The summed E-state index contributed by atoms with van der Waals surface area (Å²) in [5.41, 5.74) is 0.822. The lowest BCUT2D eigenvalue weighted by Crippen LogP contribution is -1.99. The van der Waals surface area contributed by atoms with Crippen molar-refractivity contribution in [2.75, 3.05) is 6.61 Å². The number of nitrogens with zero attached hydrogens (tertiary/aromatic N) is 1. The second-order valence-corrected chi connectivity index (χ2v) is 4.52. The largest absolute Gasteiger partial charge is 0.396 e. The molecule has 7 heteroatoms. The van der Waals surface area contributed by atoms with E-state index < -0.39 is 15.6 Å². The number of aryl methyl sites for hydroxylation is 1. The Morgan fingerprint density at radius 1 is 1.35 bits per heavy atom. The second-order valence-electron chi connectivity index (χ2n) is 3.54. The summed E-state index contributed by atoms with van der Waals surface area (Å²) in [5.74, 6) is -0.198. The summed E-state index contributed by atoms with van der Waals surface area (Å²) in [6, 6.07) is 4.38. The zero-order valence-corrected chi connectivity index (χ0v) is 9.93. The molecule has 0 spiro atoms. The topological polar surface area (TPSA) is 97.5 Å². The fourth-order valence-electron chi connectivity index (χ4n) is 1.51. The van der Waals surface area contributed by atoms with Gasteiger partial charge in [-0.2, -0.15) is 0 Å². The van der Waals surface area contributed by atoms with E-state index >= 15 is 0 Å². The minimum Gasteiger partial charge on any atom is -0.396 e. The van der Waals surface area contributed by atoms with E-state index in [2.05, 4.69) is 0 Å². The molecular weight excluding hydrogens is 246 g/mol. The Labute approximate surface area is 100.0 Å². The Morgan fingerprint density at radius 2 is 2.06 bits per heavy atom. The Morgan fingerprint density at radius 3 is 2.59 bits per heavy atom. The molecule has 0 saturated carbocycles. The van der Waals surface area contributed by atoms with Gasteiger partial charge in [-0.15, -0.1) is 0 Å². The van der Waals surface area contributed by atoms with Gasteiger partial charge in [-0.1, -0.05) is 12.1 Å². The van der Waals surface area contributed by atoms with Crippen molar-refractivity contribution in [2.45, 2.75) is 18.6 Å². The maximum atomic E-state index is 10.8. The minimum absolute atomic E-state index is 0.0364. The van der Waals surface area contributed by atoms with E-state index in [1.54, 1.807) is 12.1 Å². The molecule has 1 N–H and O–H groups in total. The van der Waals surface area contributed by atoms with Crippen LogP contribution in [0.4, 0.5) is 5.69 Å². The van der Waals surface area contributed by atoms with Gasteiger partial charge in [0.25, 0.3) is 5.69 Å². The maximum Gasteiger partial charge on any atom is 0.272 e. The van der Waals surface area contributed by atoms with Crippen LogP contribution in [0, 0.1) is 10.1 Å². The van der Waals surface area contributed by atoms with E-state index in [9.17, 15) is 18.5 Å². The molecule has 0 atom stereocenters. The lowest BCUT2D eigenvalue weighted by atomic mass is 10.1. The van der Waals surface area contributed by atoms with Gasteiger partial charge in [0, 0.05) is 18.2 Å². The van der Waals surface area contributed by atoms with E-state index in [1.165, 1.54) is 6.07 Å². The number of aliphatic hydroxyl groups excluding tert-OH is 1. The monoisotopic (exact) mass is 259 g/mol. The highest BCUT2D eigenvalue weighted by Gasteiger charge is 2.14. The van der Waals surface area contributed by atoms with Crippen LogP contribution in [0.3, 0.4) is 0 Å². The van der Waals surface area contributed by atoms with Crippen LogP contribution in [0.5, 0.6) is 0 Å². The van der Waals surface area contributed by atoms with Gasteiger partial charge in [-0.3, -0.25) is 10.1 Å². The highest BCUT2D eigenvalue weighted by Crippen LogP contribution is 2.22. The molecule has 1 aromatic rings. The van der Waals surface area contributed by atoms with Gasteiger partial charge in [0.2, 0.25) is 0 Å². The molecule has 0 bridgehead atoms. The molecule has 0 aliphatic heterocycles. The molecule has 0 amide bonds. The summed E-state index contributed by atoms with van der Waals surface area (Å²) in [7, 11) is -2.59. The third-order valence-electron chi connectivity index (χ3n) is 2.26. The van der Waals surface area contributed by atoms with E-state index in [1.807, 2.05) is 0 Å². The first-order valence-electron chi connectivity index (χ1n) is 5.03. The van der Waals surface area contributed by atoms with Gasteiger partial charge in [0.1, 0.15) is 10.7 Å². The van der Waals surface area contributed by atoms with Crippen LogP contribution in [0.1, 0.15) is 17.5 Å². The Bertz CT molecular complexity index is 476. The van der Waals surface area contributed by atoms with Crippen molar-refractivity contribution in [3.63, 3.8) is 0 Å². The van der Waals surface area contributed by atoms with Crippen LogP contribution in [-0.4, -0.2) is 25.1 Å². The van der Waals surface area contributed by atoms with Crippen LogP contribution in [0.2, 0.25) is 0 Å². The quantitative estimate of drug-likeness (QED) is 0.443. The van der Waals surface area contributed by atoms with Crippen molar-refractivity contribution in [1.82, 2.24) is 0 Å². The molecule has 6 nitrogen and oxygen atoms in total. The minimum atomic E-state index is -2.59. The fourth-order valence-corrected chi connectivity index (χ4v) is 2.00. The molecule has 0 unspecified atom stereocenters. The number of hydrogen-bond acceptors (Lipinski definition) is 5. The summed E-state index contributed by atoms with van der Waals surface area (Å²) in [6.45, 7) is -0.0364. The van der Waals surface area contributed by atoms with Gasteiger partial charge in [0.15, 0.2) is 0 Å². The Kier molecular flexibility index (Phi) is 5.05. The summed E-state index contributed by atoms with van der Waals surface area (Å²) < 4.78 is 21.1. The normalized spacial score (nSPS) is 10.7. The van der Waals surface area contributed by atoms with Crippen LogP contribution in [0.25, 0.3) is 0 Å². The molecular formula is C10H13NO5S. The third kappa shape index (κ3) is 4.12. The lowest BCUT2D eigenvalue weighted by molar-refractivity contribution is -0.385. The molecule has 0 fully saturated rings. The first-order valence-corrected chi connectivity index (χ1v) is 6.39. The molecule has 1 aromatic carbocycles. The number of thiol groups is 1. The van der Waals surface area contributed by atoms with Gasteiger partial charge < -0.3 is 5.11 Å². The predicted octanol–water partition coefficient (Wildman–Crippen LogP) is 0.631. The maximum absolute atomic E-state index is 10.8. The lowest BCUT2D eigenvalue weighted by Gasteiger charge is -2.03. The van der Waals surface area contributed by atoms with E-state index in [4.69, 9.17) is 5.11 Å². The van der Waals surface area contributed by atoms with E-state index in [0.29, 0.717) is 24.0 Å². The number of nitro groups is 1. The van der Waals surface area contributed by atoms with E-state index in [0.717, 1.165) is 0 Å². The third-order valence-corrected chi connectivity index (χ3v) is 2.89. The standard InChI is InChI=1S/C10H13NO5S/c12-5-1-2-9-4-3-8(7-17(15)16)6-10(9)11(13)14/h3-4,6,12,17H,1-2,5,7H2. The Hall–Kier alpha value is -1.47. The number of nitro benzene ring substituents is 1. The average Bonchev–Trinajstić information content (AvgIpc) is 2.26. The summed E-state index contributed by atoms with van der Waals surface area (Å²) in [5, 5.41) is 19.5. The average molecular weight is 259 g/mol. The van der Waals surface area contributed by atoms with Crippen molar-refractivity contribution >= 4 is 16.4 Å². The predicted molar refractivity (Wildman–Crippen MR) is 62.5 cm³/mol. The van der Waals surface area contributed by atoms with E-state index in [-0.39, 0.29) is 18.0 Å². The highest BCUT2D eigenvalue weighted by molar-refractivity contribution is 7.71. The first kappa shape index (κ1) is 13.6.